The Bertz CT molecular complexity index is 948. The van der Waals surface area contributed by atoms with Crippen molar-refractivity contribution in [3.8, 4) is 5.75 Å². The number of hydrogen-bond acceptors (Lipinski definition) is 4. The molecule has 1 unspecified atom stereocenters. The van der Waals surface area contributed by atoms with Crippen LogP contribution in [0.25, 0.3) is 0 Å². The van der Waals surface area contributed by atoms with Gasteiger partial charge in [0.05, 0.1) is 26.0 Å². The number of morpholine rings is 1. The fourth-order valence-corrected chi connectivity index (χ4v) is 4.68. The third kappa shape index (κ3) is 6.27. The average Bonchev–Trinajstić information content (AvgIpc) is 2.85. The highest BCUT2D eigenvalue weighted by Gasteiger charge is 2.42. The van der Waals surface area contributed by atoms with Gasteiger partial charge in [-0.15, -0.1) is 0 Å². The Morgan fingerprint density at radius 3 is 2.39 bits per heavy atom. The number of nitrogens with zero attached hydrogens (tertiary/aromatic N) is 2. The molecule has 2 heterocycles. The van der Waals surface area contributed by atoms with Crippen LogP contribution in [0.1, 0.15) is 31.2 Å². The van der Waals surface area contributed by atoms with Gasteiger partial charge in [0.2, 0.25) is 11.8 Å². The van der Waals surface area contributed by atoms with Crippen molar-refractivity contribution in [3.63, 3.8) is 0 Å². The SMILES string of the molecule is O=C(CC1(COc2ccccc2)CN(C(=O)Cc2ccccc2Cl)CCO1)N1CCCCC1. The van der Waals surface area contributed by atoms with Crippen molar-refractivity contribution >= 4 is 23.4 Å². The fourth-order valence-electron chi connectivity index (χ4n) is 4.48. The monoisotopic (exact) mass is 470 g/mol. The highest BCUT2D eigenvalue weighted by molar-refractivity contribution is 6.31. The van der Waals surface area contributed by atoms with E-state index in [4.69, 9.17) is 21.1 Å². The van der Waals surface area contributed by atoms with E-state index in [1.165, 1.54) is 0 Å². The number of ether oxygens (including phenoxy) is 2. The molecule has 2 aliphatic heterocycles. The molecule has 2 saturated heterocycles. The molecule has 33 heavy (non-hydrogen) atoms. The number of hydrogen-bond donors (Lipinski definition) is 0. The van der Waals surface area contributed by atoms with Crippen LogP contribution in [0.3, 0.4) is 0 Å². The van der Waals surface area contributed by atoms with Gasteiger partial charge < -0.3 is 19.3 Å². The van der Waals surface area contributed by atoms with Gasteiger partial charge in [0.1, 0.15) is 18.0 Å². The maximum Gasteiger partial charge on any atom is 0.227 e. The molecular weight excluding hydrogens is 440 g/mol. The minimum atomic E-state index is -0.890. The van der Waals surface area contributed by atoms with Gasteiger partial charge in [-0.2, -0.15) is 0 Å². The number of halogens is 1. The van der Waals surface area contributed by atoms with Crippen LogP contribution in [-0.2, 0) is 20.7 Å². The minimum absolute atomic E-state index is 0.0269. The number of rotatable bonds is 7. The predicted molar refractivity (Wildman–Crippen MR) is 127 cm³/mol. The topological polar surface area (TPSA) is 59.1 Å². The number of likely N-dealkylation sites (tertiary alicyclic amines) is 1. The first-order valence-electron chi connectivity index (χ1n) is 11.7. The van der Waals surface area contributed by atoms with Crippen LogP contribution < -0.4 is 4.74 Å². The maximum absolute atomic E-state index is 13.2. The Kier molecular flexibility index (Phi) is 7.89. The van der Waals surface area contributed by atoms with Crippen molar-refractivity contribution in [2.24, 2.45) is 0 Å². The first-order chi connectivity index (χ1) is 16.0. The summed E-state index contributed by atoms with van der Waals surface area (Å²) in [7, 11) is 0. The number of benzene rings is 2. The van der Waals surface area contributed by atoms with Gasteiger partial charge in [0, 0.05) is 24.7 Å². The average molecular weight is 471 g/mol. The third-order valence-corrected chi connectivity index (χ3v) is 6.70. The zero-order chi connectivity index (χ0) is 23.1. The van der Waals surface area contributed by atoms with Crippen molar-refractivity contribution in [1.82, 2.24) is 9.80 Å². The molecule has 0 aliphatic carbocycles. The van der Waals surface area contributed by atoms with Crippen LogP contribution in [0.15, 0.2) is 54.6 Å². The summed E-state index contributed by atoms with van der Waals surface area (Å²) in [6, 6.07) is 16.9. The van der Waals surface area contributed by atoms with E-state index in [1.54, 1.807) is 11.0 Å². The Labute approximate surface area is 200 Å². The van der Waals surface area contributed by atoms with Crippen LogP contribution in [0.5, 0.6) is 5.75 Å². The highest BCUT2D eigenvalue weighted by atomic mass is 35.5. The van der Waals surface area contributed by atoms with E-state index in [-0.39, 0.29) is 31.3 Å². The van der Waals surface area contributed by atoms with Crippen LogP contribution in [-0.4, -0.2) is 66.6 Å². The molecule has 2 amide bonds. The summed E-state index contributed by atoms with van der Waals surface area (Å²) >= 11 is 6.27. The number of piperidine rings is 1. The highest BCUT2D eigenvalue weighted by Crippen LogP contribution is 2.27. The molecule has 0 aromatic heterocycles. The molecule has 2 fully saturated rings. The second kappa shape index (κ2) is 11.0. The van der Waals surface area contributed by atoms with Gasteiger partial charge in [-0.3, -0.25) is 9.59 Å². The second-order valence-electron chi connectivity index (χ2n) is 8.83. The Balaban J connectivity index is 1.49. The molecule has 2 aliphatic rings. The van der Waals surface area contributed by atoms with Gasteiger partial charge >= 0.3 is 0 Å². The minimum Gasteiger partial charge on any atom is -0.490 e. The molecule has 2 aromatic rings. The lowest BCUT2D eigenvalue weighted by molar-refractivity contribution is -0.166. The summed E-state index contributed by atoms with van der Waals surface area (Å²) < 4.78 is 12.3. The number of carbonyl (C=O) groups is 2. The van der Waals surface area contributed by atoms with Crippen molar-refractivity contribution in [2.75, 3.05) is 39.4 Å². The van der Waals surface area contributed by atoms with E-state index >= 15 is 0 Å². The van der Waals surface area contributed by atoms with Gasteiger partial charge in [0.25, 0.3) is 0 Å². The number of amides is 2. The van der Waals surface area contributed by atoms with Crippen molar-refractivity contribution < 1.29 is 19.1 Å². The second-order valence-corrected chi connectivity index (χ2v) is 9.24. The van der Waals surface area contributed by atoms with Crippen LogP contribution in [0.2, 0.25) is 5.02 Å². The largest absolute Gasteiger partial charge is 0.490 e. The lowest BCUT2D eigenvalue weighted by Gasteiger charge is -2.43. The summed E-state index contributed by atoms with van der Waals surface area (Å²) in [4.78, 5) is 30.0. The molecule has 6 nitrogen and oxygen atoms in total. The lowest BCUT2D eigenvalue weighted by atomic mass is 9.95. The molecule has 1 atom stereocenters. The molecule has 0 N–H and O–H groups in total. The maximum atomic E-state index is 13.2. The van der Waals surface area contributed by atoms with Gasteiger partial charge in [-0.1, -0.05) is 48.0 Å². The Hall–Kier alpha value is -2.57. The van der Waals surface area contributed by atoms with Crippen molar-refractivity contribution in [1.29, 1.82) is 0 Å². The van der Waals surface area contributed by atoms with Crippen molar-refractivity contribution in [2.45, 2.75) is 37.7 Å². The Morgan fingerprint density at radius 1 is 0.909 bits per heavy atom. The molecule has 0 spiro atoms. The molecule has 0 saturated carbocycles. The molecule has 4 rings (SSSR count). The quantitative estimate of drug-likeness (QED) is 0.614. The van der Waals surface area contributed by atoms with Crippen LogP contribution >= 0.6 is 11.6 Å². The summed E-state index contributed by atoms with van der Waals surface area (Å²) in [5, 5.41) is 0.582. The van der Waals surface area contributed by atoms with Gasteiger partial charge in [-0.25, -0.2) is 0 Å². The van der Waals surface area contributed by atoms with E-state index < -0.39 is 5.60 Å². The van der Waals surface area contributed by atoms with E-state index in [1.807, 2.05) is 53.4 Å². The van der Waals surface area contributed by atoms with E-state index in [2.05, 4.69) is 0 Å². The molecule has 176 valence electrons. The lowest BCUT2D eigenvalue weighted by Crippen LogP contribution is -2.58. The van der Waals surface area contributed by atoms with E-state index in [0.717, 1.165) is 37.9 Å². The standard InChI is InChI=1S/C26H31ClN2O4/c27-23-12-6-5-9-21(23)17-24(30)29-15-16-33-26(19-29,20-32-22-10-3-1-4-11-22)18-25(31)28-13-7-2-8-14-28/h1,3-6,9-12H,2,7-8,13-20H2. The normalized spacial score (nSPS) is 21.0. The van der Waals surface area contributed by atoms with E-state index in [9.17, 15) is 9.59 Å². The summed E-state index contributed by atoms with van der Waals surface area (Å²) in [6.45, 7) is 2.91. The molecule has 2 aromatic carbocycles. The molecule has 0 bridgehead atoms. The first-order valence-corrected chi connectivity index (χ1v) is 12.0. The van der Waals surface area contributed by atoms with Crippen LogP contribution in [0.4, 0.5) is 0 Å². The molecule has 7 heteroatoms. The number of carbonyl (C=O) groups excluding carboxylic acids is 2. The van der Waals surface area contributed by atoms with Gasteiger partial charge in [-0.05, 0) is 43.0 Å². The fraction of sp³-hybridized carbons (Fsp3) is 0.462. The molecular formula is C26H31ClN2O4. The summed E-state index contributed by atoms with van der Waals surface area (Å²) in [6.07, 6.45) is 3.63. The van der Waals surface area contributed by atoms with Gasteiger partial charge in [0.15, 0.2) is 0 Å². The van der Waals surface area contributed by atoms with Crippen molar-refractivity contribution in [3.05, 3.63) is 65.2 Å². The third-order valence-electron chi connectivity index (χ3n) is 6.33. The smallest absolute Gasteiger partial charge is 0.227 e. The summed E-state index contributed by atoms with van der Waals surface area (Å²) in [5.41, 5.74) is -0.0927. The number of para-hydroxylation sites is 1. The van der Waals surface area contributed by atoms with Crippen LogP contribution in [0, 0.1) is 0 Å². The predicted octanol–water partition coefficient (Wildman–Crippen LogP) is 3.96. The summed E-state index contributed by atoms with van der Waals surface area (Å²) in [5.74, 6) is 0.748. The Morgan fingerprint density at radius 2 is 1.64 bits per heavy atom. The van der Waals surface area contributed by atoms with E-state index in [0.29, 0.717) is 30.5 Å². The zero-order valence-corrected chi connectivity index (χ0v) is 19.6. The first kappa shape index (κ1) is 23.6. The molecule has 0 radical (unpaired) electrons. The zero-order valence-electron chi connectivity index (χ0n) is 18.9.